The first kappa shape index (κ1) is 10.8. The van der Waals surface area contributed by atoms with E-state index in [-0.39, 0.29) is 11.4 Å². The second-order valence-electron chi connectivity index (χ2n) is 2.68. The maximum atomic E-state index is 12.4. The van der Waals surface area contributed by atoms with Crippen molar-refractivity contribution >= 4 is 22.7 Å². The number of alkyl halides is 2. The van der Waals surface area contributed by atoms with E-state index in [1.165, 1.54) is 13.0 Å². The largest absolute Gasteiger partial charge is 0.383 e. The molecule has 0 saturated carbocycles. The van der Waals surface area contributed by atoms with Crippen molar-refractivity contribution < 1.29 is 13.6 Å². The summed E-state index contributed by atoms with van der Waals surface area (Å²) < 4.78 is 24.9. The lowest BCUT2D eigenvalue weighted by molar-refractivity contribution is 0.106. The van der Waals surface area contributed by atoms with Crippen LogP contribution in [0.4, 0.5) is 14.6 Å². The third-order valence-electron chi connectivity index (χ3n) is 1.65. The van der Waals surface area contributed by atoms with Crippen LogP contribution < -0.4 is 5.73 Å². The van der Waals surface area contributed by atoms with Gasteiger partial charge in [-0.1, -0.05) is 0 Å². The summed E-state index contributed by atoms with van der Waals surface area (Å²) in [5, 5.41) is -0.961. The van der Waals surface area contributed by atoms with E-state index in [2.05, 4.69) is 4.98 Å². The van der Waals surface area contributed by atoms with Crippen LogP contribution in [0.15, 0.2) is 6.07 Å². The second-order valence-corrected chi connectivity index (χ2v) is 3.03. The highest BCUT2D eigenvalue weighted by Gasteiger charge is 2.21. The first-order valence-electron chi connectivity index (χ1n) is 3.68. The van der Waals surface area contributed by atoms with Crippen molar-refractivity contribution in [3.63, 3.8) is 0 Å². The lowest BCUT2D eigenvalue weighted by atomic mass is 10.1. The van der Waals surface area contributed by atoms with Gasteiger partial charge in [-0.25, -0.2) is 13.8 Å². The molecule has 0 bridgehead atoms. The van der Waals surface area contributed by atoms with Crippen LogP contribution in [0.2, 0.25) is 0 Å². The Morgan fingerprint density at radius 2 is 2.21 bits per heavy atom. The van der Waals surface area contributed by atoms with Crippen molar-refractivity contribution in [1.29, 1.82) is 0 Å². The van der Waals surface area contributed by atoms with E-state index in [4.69, 9.17) is 17.3 Å². The Morgan fingerprint density at radius 3 is 2.64 bits per heavy atom. The summed E-state index contributed by atoms with van der Waals surface area (Å²) in [6.07, 6.45) is -2.86. The Balaban J connectivity index is 3.44. The van der Waals surface area contributed by atoms with Crippen LogP contribution in [-0.4, -0.2) is 10.2 Å². The highest BCUT2D eigenvalue weighted by Crippen LogP contribution is 2.28. The number of nitrogens with zero attached hydrogens (tertiary/aromatic N) is 1. The maximum Gasteiger partial charge on any atom is 0.268 e. The van der Waals surface area contributed by atoms with E-state index in [0.29, 0.717) is 5.69 Å². The third-order valence-corrected chi connectivity index (χ3v) is 1.85. The summed E-state index contributed by atoms with van der Waals surface area (Å²) in [6, 6.07) is 1.19. The molecule has 0 saturated heterocycles. The van der Waals surface area contributed by atoms with Crippen LogP contribution in [0.1, 0.15) is 28.0 Å². The average molecular weight is 221 g/mol. The van der Waals surface area contributed by atoms with E-state index in [1.807, 2.05) is 0 Å². The van der Waals surface area contributed by atoms with Crippen LogP contribution in [-0.2, 0) is 0 Å². The van der Waals surface area contributed by atoms with Crippen molar-refractivity contribution in [1.82, 2.24) is 4.98 Å². The van der Waals surface area contributed by atoms with Crippen LogP contribution in [0.3, 0.4) is 0 Å². The maximum absolute atomic E-state index is 12.4. The molecule has 0 atom stereocenters. The number of hydrogen-bond acceptors (Lipinski definition) is 3. The molecule has 0 unspecified atom stereocenters. The highest BCUT2D eigenvalue weighted by atomic mass is 35.5. The fourth-order valence-corrected chi connectivity index (χ4v) is 1.26. The topological polar surface area (TPSA) is 56.0 Å². The highest BCUT2D eigenvalue weighted by molar-refractivity contribution is 6.68. The van der Waals surface area contributed by atoms with E-state index in [1.54, 1.807) is 0 Å². The summed E-state index contributed by atoms with van der Waals surface area (Å²) in [6.45, 7) is 1.54. The molecule has 0 aliphatic rings. The molecule has 0 amide bonds. The summed E-state index contributed by atoms with van der Waals surface area (Å²) in [5.41, 5.74) is 4.74. The monoisotopic (exact) mass is 220 g/mol. The molecular weight excluding hydrogens is 214 g/mol. The summed E-state index contributed by atoms with van der Waals surface area (Å²) in [4.78, 5) is 14.4. The number of carbonyl (C=O) groups excluding carboxylic acids is 1. The predicted octanol–water partition coefficient (Wildman–Crippen LogP) is 2.29. The molecular formula is C8H7ClF2N2O. The van der Waals surface area contributed by atoms with Crippen molar-refractivity contribution in [2.75, 3.05) is 5.73 Å². The Bertz CT molecular complexity index is 382. The molecule has 0 fully saturated rings. The van der Waals surface area contributed by atoms with Gasteiger partial charge in [0.15, 0.2) is 0 Å². The summed E-state index contributed by atoms with van der Waals surface area (Å²) in [7, 11) is 0. The van der Waals surface area contributed by atoms with Gasteiger partial charge in [0, 0.05) is 11.3 Å². The van der Waals surface area contributed by atoms with Crippen LogP contribution in [0.5, 0.6) is 0 Å². The molecule has 0 spiro atoms. The van der Waals surface area contributed by atoms with Gasteiger partial charge in [0.2, 0.25) is 0 Å². The van der Waals surface area contributed by atoms with E-state index in [9.17, 15) is 13.6 Å². The minimum Gasteiger partial charge on any atom is -0.383 e. The molecule has 6 heteroatoms. The number of carbonyl (C=O) groups is 1. The average Bonchev–Trinajstić information content (AvgIpc) is 2.01. The van der Waals surface area contributed by atoms with Gasteiger partial charge < -0.3 is 5.73 Å². The number of halogens is 3. The van der Waals surface area contributed by atoms with Crippen molar-refractivity contribution in [2.45, 2.75) is 13.3 Å². The quantitative estimate of drug-likeness (QED) is 0.778. The molecule has 2 N–H and O–H groups in total. The zero-order chi connectivity index (χ0) is 10.9. The van der Waals surface area contributed by atoms with Crippen LogP contribution in [0.25, 0.3) is 0 Å². The number of pyridine rings is 1. The number of nitrogens with two attached hydrogens (primary N) is 1. The van der Waals surface area contributed by atoms with Gasteiger partial charge >= 0.3 is 0 Å². The first-order valence-corrected chi connectivity index (χ1v) is 4.06. The molecule has 14 heavy (non-hydrogen) atoms. The summed E-state index contributed by atoms with van der Waals surface area (Å²) in [5.74, 6) is -0.357. The molecule has 1 aromatic rings. The fourth-order valence-electron chi connectivity index (χ4n) is 1.10. The van der Waals surface area contributed by atoms with Gasteiger partial charge in [-0.05, 0) is 24.6 Å². The van der Waals surface area contributed by atoms with Gasteiger partial charge in [-0.15, -0.1) is 0 Å². The van der Waals surface area contributed by atoms with Crippen LogP contribution in [0, 0.1) is 6.92 Å². The lowest BCUT2D eigenvalue weighted by Crippen LogP contribution is -2.06. The fraction of sp³-hybridized carbons (Fsp3) is 0.250. The minimum atomic E-state index is -2.86. The molecule has 1 aromatic heterocycles. The molecule has 1 rings (SSSR count). The van der Waals surface area contributed by atoms with Gasteiger partial charge in [-0.2, -0.15) is 0 Å². The SMILES string of the molecule is Cc1cc(C(=O)Cl)c(C(F)F)c(N)n1. The Kier molecular flexibility index (Phi) is 3.00. The molecule has 3 nitrogen and oxygen atoms in total. The lowest BCUT2D eigenvalue weighted by Gasteiger charge is -2.08. The molecule has 1 heterocycles. The second kappa shape index (κ2) is 3.88. The van der Waals surface area contributed by atoms with E-state index >= 15 is 0 Å². The van der Waals surface area contributed by atoms with E-state index < -0.39 is 17.2 Å². The molecule has 76 valence electrons. The van der Waals surface area contributed by atoms with E-state index in [0.717, 1.165) is 0 Å². The zero-order valence-corrected chi connectivity index (χ0v) is 7.98. The summed E-state index contributed by atoms with van der Waals surface area (Å²) >= 11 is 5.14. The Hall–Kier alpha value is -1.23. The molecule has 0 aliphatic carbocycles. The van der Waals surface area contributed by atoms with Crippen molar-refractivity contribution in [2.24, 2.45) is 0 Å². The van der Waals surface area contributed by atoms with Gasteiger partial charge in [0.1, 0.15) is 5.82 Å². The normalized spacial score (nSPS) is 10.6. The Morgan fingerprint density at radius 1 is 1.64 bits per heavy atom. The Labute approximate surface area is 83.9 Å². The molecule has 0 aliphatic heterocycles. The minimum absolute atomic E-state index is 0.285. The standard InChI is InChI=1S/C8H7ClF2N2O/c1-3-2-4(6(9)14)5(7(10)11)8(12)13-3/h2,7H,1H3,(H2,12,13). The number of anilines is 1. The molecule has 0 aromatic carbocycles. The number of aromatic nitrogens is 1. The van der Waals surface area contributed by atoms with Crippen molar-refractivity contribution in [3.05, 3.63) is 22.9 Å². The number of aryl methyl sites for hydroxylation is 1. The first-order chi connectivity index (χ1) is 6.43. The van der Waals surface area contributed by atoms with Gasteiger partial charge in [0.25, 0.3) is 11.7 Å². The van der Waals surface area contributed by atoms with Crippen LogP contribution >= 0.6 is 11.6 Å². The van der Waals surface area contributed by atoms with Gasteiger partial charge in [-0.3, -0.25) is 4.79 Å². The van der Waals surface area contributed by atoms with Crippen molar-refractivity contribution in [3.8, 4) is 0 Å². The predicted molar refractivity (Wildman–Crippen MR) is 48.5 cm³/mol. The third kappa shape index (κ3) is 1.98. The number of rotatable bonds is 2. The number of nitrogen functional groups attached to an aromatic ring is 1. The van der Waals surface area contributed by atoms with Gasteiger partial charge in [0.05, 0.1) is 5.56 Å². The zero-order valence-electron chi connectivity index (χ0n) is 7.22. The number of hydrogen-bond donors (Lipinski definition) is 1. The molecule has 0 radical (unpaired) electrons. The smallest absolute Gasteiger partial charge is 0.268 e.